The second kappa shape index (κ2) is 5.66. The molecule has 23 heavy (non-hydrogen) atoms. The number of rotatable bonds is 4. The van der Waals surface area contributed by atoms with Gasteiger partial charge in [0.2, 0.25) is 0 Å². The molecule has 0 aliphatic carbocycles. The van der Waals surface area contributed by atoms with Crippen molar-refractivity contribution < 1.29 is 0 Å². The number of nitrogens with zero attached hydrogens (tertiary/aromatic N) is 5. The molecule has 0 bridgehead atoms. The molecule has 0 unspecified atom stereocenters. The van der Waals surface area contributed by atoms with Gasteiger partial charge in [0.15, 0.2) is 0 Å². The van der Waals surface area contributed by atoms with Gasteiger partial charge in [-0.15, -0.1) is 0 Å². The predicted octanol–water partition coefficient (Wildman–Crippen LogP) is 2.74. The molecule has 1 aliphatic heterocycles. The molecule has 1 aromatic carbocycles. The summed E-state index contributed by atoms with van der Waals surface area (Å²) in [5.74, 6) is 0. The Kier molecular flexibility index (Phi) is 3.50. The Labute approximate surface area is 136 Å². The van der Waals surface area contributed by atoms with Crippen molar-refractivity contribution in [3.05, 3.63) is 65.7 Å². The van der Waals surface area contributed by atoms with Crippen molar-refractivity contribution in [3.8, 4) is 5.69 Å². The first kappa shape index (κ1) is 14.2. The summed E-state index contributed by atoms with van der Waals surface area (Å²) in [5.41, 5.74) is 4.56. The van der Waals surface area contributed by atoms with Crippen LogP contribution in [-0.2, 0) is 6.54 Å². The Hall–Kier alpha value is -2.40. The molecule has 0 amide bonds. The van der Waals surface area contributed by atoms with E-state index in [2.05, 4.69) is 57.9 Å². The van der Waals surface area contributed by atoms with E-state index in [4.69, 9.17) is 0 Å². The lowest BCUT2D eigenvalue weighted by atomic mass is 10.1. The van der Waals surface area contributed by atoms with E-state index in [0.29, 0.717) is 6.04 Å². The van der Waals surface area contributed by atoms with Crippen molar-refractivity contribution in [2.45, 2.75) is 26.4 Å². The Morgan fingerprint density at radius 2 is 1.83 bits per heavy atom. The van der Waals surface area contributed by atoms with Crippen LogP contribution in [0.2, 0.25) is 0 Å². The number of benzene rings is 1. The lowest BCUT2D eigenvalue weighted by molar-refractivity contribution is 0.0879. The zero-order chi connectivity index (χ0) is 15.8. The summed E-state index contributed by atoms with van der Waals surface area (Å²) in [6.07, 6.45) is 2.03. The molecule has 0 spiro atoms. The normalized spacial score (nSPS) is 15.7. The van der Waals surface area contributed by atoms with Crippen LogP contribution in [0, 0.1) is 13.8 Å². The van der Waals surface area contributed by atoms with E-state index in [-0.39, 0.29) is 0 Å². The SMILES string of the molecule is Cc1cc(C)n(C2CN(Cc3ccn(-c4ccccc4)n3)C2)n1. The molecule has 1 saturated heterocycles. The minimum absolute atomic E-state index is 0.500. The first-order valence-electron chi connectivity index (χ1n) is 8.04. The Morgan fingerprint density at radius 3 is 2.52 bits per heavy atom. The van der Waals surface area contributed by atoms with Crippen LogP contribution in [0.3, 0.4) is 0 Å². The topological polar surface area (TPSA) is 38.9 Å². The summed E-state index contributed by atoms with van der Waals surface area (Å²) in [6.45, 7) is 7.16. The van der Waals surface area contributed by atoms with Crippen molar-refractivity contribution in [3.63, 3.8) is 0 Å². The Morgan fingerprint density at radius 1 is 1.04 bits per heavy atom. The molecule has 0 atom stereocenters. The molecule has 3 aromatic rings. The molecule has 118 valence electrons. The molecule has 4 rings (SSSR count). The molecule has 1 aliphatic rings. The molecule has 5 heteroatoms. The van der Waals surface area contributed by atoms with Crippen LogP contribution in [0.4, 0.5) is 0 Å². The molecule has 5 nitrogen and oxygen atoms in total. The van der Waals surface area contributed by atoms with Crippen molar-refractivity contribution >= 4 is 0 Å². The zero-order valence-corrected chi connectivity index (χ0v) is 13.6. The van der Waals surface area contributed by atoms with Crippen LogP contribution in [0.1, 0.15) is 23.1 Å². The zero-order valence-electron chi connectivity index (χ0n) is 13.6. The van der Waals surface area contributed by atoms with E-state index in [0.717, 1.165) is 36.7 Å². The van der Waals surface area contributed by atoms with Gasteiger partial charge < -0.3 is 0 Å². The summed E-state index contributed by atoms with van der Waals surface area (Å²) in [4.78, 5) is 2.42. The van der Waals surface area contributed by atoms with Gasteiger partial charge in [-0.25, -0.2) is 4.68 Å². The highest BCUT2D eigenvalue weighted by Crippen LogP contribution is 2.24. The van der Waals surface area contributed by atoms with Crippen LogP contribution in [0.25, 0.3) is 5.69 Å². The van der Waals surface area contributed by atoms with Crippen molar-refractivity contribution in [1.29, 1.82) is 0 Å². The summed E-state index contributed by atoms with van der Waals surface area (Å²) in [7, 11) is 0. The maximum absolute atomic E-state index is 4.67. The largest absolute Gasteiger partial charge is 0.293 e. The van der Waals surface area contributed by atoms with E-state index in [1.165, 1.54) is 5.69 Å². The fraction of sp³-hybridized carbons (Fsp3) is 0.333. The van der Waals surface area contributed by atoms with E-state index in [1.54, 1.807) is 0 Å². The van der Waals surface area contributed by atoms with Gasteiger partial charge in [-0.05, 0) is 38.1 Å². The van der Waals surface area contributed by atoms with E-state index < -0.39 is 0 Å². The smallest absolute Gasteiger partial charge is 0.0776 e. The lowest BCUT2D eigenvalue weighted by Gasteiger charge is -2.39. The summed E-state index contributed by atoms with van der Waals surface area (Å²) >= 11 is 0. The molecule has 2 aromatic heterocycles. The van der Waals surface area contributed by atoms with Crippen LogP contribution in [0.5, 0.6) is 0 Å². The Bertz CT molecular complexity index is 796. The van der Waals surface area contributed by atoms with Crippen molar-refractivity contribution in [2.75, 3.05) is 13.1 Å². The average molecular weight is 307 g/mol. The molecule has 0 radical (unpaired) electrons. The van der Waals surface area contributed by atoms with E-state index in [9.17, 15) is 0 Å². The number of aryl methyl sites for hydroxylation is 2. The van der Waals surface area contributed by atoms with Crippen LogP contribution >= 0.6 is 0 Å². The third-order valence-corrected chi connectivity index (χ3v) is 4.38. The first-order valence-corrected chi connectivity index (χ1v) is 8.04. The molecular formula is C18H21N5. The molecule has 0 saturated carbocycles. The van der Waals surface area contributed by atoms with Gasteiger partial charge in [0, 0.05) is 31.5 Å². The van der Waals surface area contributed by atoms with E-state index in [1.807, 2.05) is 29.1 Å². The van der Waals surface area contributed by atoms with Gasteiger partial charge in [-0.3, -0.25) is 9.58 Å². The second-order valence-electron chi connectivity index (χ2n) is 6.31. The van der Waals surface area contributed by atoms with Crippen molar-refractivity contribution in [1.82, 2.24) is 24.5 Å². The highest BCUT2D eigenvalue weighted by molar-refractivity contribution is 5.30. The fourth-order valence-corrected chi connectivity index (χ4v) is 3.24. The van der Waals surface area contributed by atoms with Crippen LogP contribution in [0.15, 0.2) is 48.7 Å². The molecule has 0 N–H and O–H groups in total. The highest BCUT2D eigenvalue weighted by Gasteiger charge is 2.30. The van der Waals surface area contributed by atoms with Crippen molar-refractivity contribution in [2.24, 2.45) is 0 Å². The number of hydrogen-bond donors (Lipinski definition) is 0. The predicted molar refractivity (Wildman–Crippen MR) is 89.6 cm³/mol. The molecule has 1 fully saturated rings. The van der Waals surface area contributed by atoms with Gasteiger partial charge in [-0.1, -0.05) is 18.2 Å². The van der Waals surface area contributed by atoms with Gasteiger partial charge in [-0.2, -0.15) is 10.2 Å². The minimum Gasteiger partial charge on any atom is -0.293 e. The average Bonchev–Trinajstić information content (AvgIpc) is 3.10. The summed E-state index contributed by atoms with van der Waals surface area (Å²) in [5, 5.41) is 9.26. The second-order valence-corrected chi connectivity index (χ2v) is 6.31. The third kappa shape index (κ3) is 2.80. The maximum Gasteiger partial charge on any atom is 0.0776 e. The number of para-hydroxylation sites is 1. The lowest BCUT2D eigenvalue weighted by Crippen LogP contribution is -2.47. The standard InChI is InChI=1S/C18H21N5/c1-14-10-15(2)23(19-14)18-12-21(13-18)11-16-8-9-22(20-16)17-6-4-3-5-7-17/h3-10,18H,11-13H2,1-2H3. The van der Waals surface area contributed by atoms with Gasteiger partial charge in [0.25, 0.3) is 0 Å². The maximum atomic E-state index is 4.67. The highest BCUT2D eigenvalue weighted by atomic mass is 15.4. The van der Waals surface area contributed by atoms with Gasteiger partial charge in [0.1, 0.15) is 0 Å². The molecular weight excluding hydrogens is 286 g/mol. The quantitative estimate of drug-likeness (QED) is 0.744. The van der Waals surface area contributed by atoms with Crippen LogP contribution in [-0.4, -0.2) is 37.6 Å². The number of hydrogen-bond acceptors (Lipinski definition) is 3. The van der Waals surface area contributed by atoms with E-state index >= 15 is 0 Å². The van der Waals surface area contributed by atoms with Gasteiger partial charge in [0.05, 0.1) is 23.1 Å². The summed E-state index contributed by atoms with van der Waals surface area (Å²) < 4.78 is 4.10. The Balaban J connectivity index is 1.38. The monoisotopic (exact) mass is 307 g/mol. The van der Waals surface area contributed by atoms with Crippen LogP contribution < -0.4 is 0 Å². The first-order chi connectivity index (χ1) is 11.2. The van der Waals surface area contributed by atoms with Gasteiger partial charge >= 0.3 is 0 Å². The molecule has 3 heterocycles. The summed E-state index contributed by atoms with van der Waals surface area (Å²) in [6, 6.07) is 15.0. The number of likely N-dealkylation sites (tertiary alicyclic amines) is 1. The fourth-order valence-electron chi connectivity index (χ4n) is 3.24. The third-order valence-electron chi connectivity index (χ3n) is 4.38. The minimum atomic E-state index is 0.500. The number of aromatic nitrogens is 4.